The summed E-state index contributed by atoms with van der Waals surface area (Å²) in [5.74, 6) is 0. The lowest BCUT2D eigenvalue weighted by atomic mass is 10.1. The minimum atomic E-state index is -0.112. The van der Waals surface area contributed by atoms with E-state index in [-0.39, 0.29) is 5.60 Å². The normalized spacial score (nSPS) is 12.2. The molecule has 19 heavy (non-hydrogen) atoms. The van der Waals surface area contributed by atoms with Crippen LogP contribution in [0.15, 0.2) is 30.5 Å². The van der Waals surface area contributed by atoms with Gasteiger partial charge < -0.3 is 14.6 Å². The number of hydrogen-bond donors (Lipinski definition) is 1. The number of ether oxygens (including phenoxy) is 1. The molecule has 1 aromatic carbocycles. The molecular formula is C16H24N2O. The molecule has 1 N–H and O–H groups in total. The summed E-state index contributed by atoms with van der Waals surface area (Å²) in [6.07, 6.45) is 2.20. The van der Waals surface area contributed by atoms with E-state index >= 15 is 0 Å². The summed E-state index contributed by atoms with van der Waals surface area (Å²) < 4.78 is 7.87. The predicted octanol–water partition coefficient (Wildman–Crippen LogP) is 3.08. The molecule has 3 nitrogen and oxygen atoms in total. The summed E-state index contributed by atoms with van der Waals surface area (Å²) in [4.78, 5) is 0. The van der Waals surface area contributed by atoms with Crippen LogP contribution in [-0.4, -0.2) is 23.3 Å². The average molecular weight is 260 g/mol. The fourth-order valence-electron chi connectivity index (χ4n) is 2.51. The van der Waals surface area contributed by atoms with Crippen molar-refractivity contribution in [3.8, 4) is 0 Å². The van der Waals surface area contributed by atoms with Crippen LogP contribution in [0.25, 0.3) is 10.9 Å². The first-order valence-corrected chi connectivity index (χ1v) is 6.91. The van der Waals surface area contributed by atoms with Crippen molar-refractivity contribution < 1.29 is 4.74 Å². The van der Waals surface area contributed by atoms with Gasteiger partial charge in [-0.05, 0) is 32.4 Å². The molecule has 3 heteroatoms. The van der Waals surface area contributed by atoms with Crippen LogP contribution in [0, 0.1) is 0 Å². The molecule has 0 aliphatic heterocycles. The Labute approximate surface area is 115 Å². The fraction of sp³-hybridized carbons (Fsp3) is 0.500. The van der Waals surface area contributed by atoms with Gasteiger partial charge in [0.2, 0.25) is 0 Å². The molecule has 0 spiro atoms. The van der Waals surface area contributed by atoms with E-state index in [9.17, 15) is 0 Å². The highest BCUT2D eigenvalue weighted by atomic mass is 16.5. The molecule has 0 radical (unpaired) electrons. The largest absolute Gasteiger partial charge is 0.375 e. The van der Waals surface area contributed by atoms with E-state index in [0.717, 1.165) is 19.7 Å². The number of nitrogens with one attached hydrogen (secondary N) is 1. The van der Waals surface area contributed by atoms with Gasteiger partial charge in [0.15, 0.2) is 0 Å². The van der Waals surface area contributed by atoms with Gasteiger partial charge in [0.25, 0.3) is 0 Å². The first-order chi connectivity index (χ1) is 9.03. The van der Waals surface area contributed by atoms with Crippen molar-refractivity contribution in [1.29, 1.82) is 0 Å². The van der Waals surface area contributed by atoms with Crippen molar-refractivity contribution in [2.45, 2.75) is 32.9 Å². The van der Waals surface area contributed by atoms with E-state index in [2.05, 4.69) is 61.2 Å². The van der Waals surface area contributed by atoms with E-state index in [4.69, 9.17) is 4.74 Å². The molecular weight excluding hydrogens is 236 g/mol. The third kappa shape index (κ3) is 3.37. The molecule has 1 aromatic heterocycles. The van der Waals surface area contributed by atoms with Gasteiger partial charge >= 0.3 is 0 Å². The standard InChI is InChI=1S/C16H24N2O/c1-5-19-16(2,3)12-17-10-13-11-18(4)15-9-7-6-8-14(13)15/h6-9,11,17H,5,10,12H2,1-4H3. The molecule has 0 aliphatic carbocycles. The molecule has 1 heterocycles. The Bertz CT molecular complexity index is 543. The molecule has 2 aromatic rings. The van der Waals surface area contributed by atoms with Gasteiger partial charge in [0.05, 0.1) is 5.60 Å². The molecule has 0 fully saturated rings. The summed E-state index contributed by atoms with van der Waals surface area (Å²) in [6.45, 7) is 8.75. The van der Waals surface area contributed by atoms with E-state index in [0.29, 0.717) is 0 Å². The number of hydrogen-bond acceptors (Lipinski definition) is 2. The van der Waals surface area contributed by atoms with Crippen molar-refractivity contribution in [2.24, 2.45) is 7.05 Å². The quantitative estimate of drug-likeness (QED) is 0.864. The fourth-order valence-corrected chi connectivity index (χ4v) is 2.51. The molecule has 0 bridgehead atoms. The zero-order valence-electron chi connectivity index (χ0n) is 12.4. The Kier molecular flexibility index (Phi) is 4.27. The summed E-state index contributed by atoms with van der Waals surface area (Å²) in [6, 6.07) is 8.51. The number of rotatable bonds is 6. The summed E-state index contributed by atoms with van der Waals surface area (Å²) in [5, 5.41) is 4.82. The third-order valence-corrected chi connectivity index (χ3v) is 3.38. The Morgan fingerprint density at radius 2 is 2.00 bits per heavy atom. The Morgan fingerprint density at radius 1 is 1.26 bits per heavy atom. The predicted molar refractivity (Wildman–Crippen MR) is 80.3 cm³/mol. The molecule has 0 saturated heterocycles. The van der Waals surface area contributed by atoms with Gasteiger partial charge in [0.1, 0.15) is 0 Å². The van der Waals surface area contributed by atoms with E-state index in [1.165, 1.54) is 16.5 Å². The van der Waals surface area contributed by atoms with Crippen LogP contribution >= 0.6 is 0 Å². The van der Waals surface area contributed by atoms with Crippen LogP contribution in [0.4, 0.5) is 0 Å². The zero-order valence-corrected chi connectivity index (χ0v) is 12.4. The summed E-state index contributed by atoms with van der Waals surface area (Å²) in [7, 11) is 2.09. The minimum Gasteiger partial charge on any atom is -0.375 e. The van der Waals surface area contributed by atoms with Gasteiger partial charge in [0, 0.05) is 43.8 Å². The molecule has 0 aliphatic rings. The van der Waals surface area contributed by atoms with Crippen molar-refractivity contribution in [3.05, 3.63) is 36.0 Å². The van der Waals surface area contributed by atoms with E-state index < -0.39 is 0 Å². The number of nitrogens with zero attached hydrogens (tertiary/aromatic N) is 1. The second-order valence-electron chi connectivity index (χ2n) is 5.58. The average Bonchev–Trinajstić information content (AvgIpc) is 2.67. The van der Waals surface area contributed by atoms with Gasteiger partial charge in [-0.2, -0.15) is 0 Å². The second kappa shape index (κ2) is 5.76. The lowest BCUT2D eigenvalue weighted by Crippen LogP contribution is -2.37. The van der Waals surface area contributed by atoms with Crippen molar-refractivity contribution in [3.63, 3.8) is 0 Å². The van der Waals surface area contributed by atoms with Crippen molar-refractivity contribution in [2.75, 3.05) is 13.2 Å². The molecule has 0 unspecified atom stereocenters. The third-order valence-electron chi connectivity index (χ3n) is 3.38. The van der Waals surface area contributed by atoms with Crippen LogP contribution in [-0.2, 0) is 18.3 Å². The maximum atomic E-state index is 5.69. The Morgan fingerprint density at radius 3 is 2.74 bits per heavy atom. The first kappa shape index (κ1) is 14.1. The van der Waals surface area contributed by atoms with Crippen LogP contribution in [0.1, 0.15) is 26.3 Å². The monoisotopic (exact) mass is 260 g/mol. The Balaban J connectivity index is 2.03. The van der Waals surface area contributed by atoms with Gasteiger partial charge in [-0.1, -0.05) is 18.2 Å². The maximum absolute atomic E-state index is 5.69. The number of aromatic nitrogens is 1. The molecule has 104 valence electrons. The highest BCUT2D eigenvalue weighted by Crippen LogP contribution is 2.20. The van der Waals surface area contributed by atoms with Gasteiger partial charge in [-0.3, -0.25) is 0 Å². The first-order valence-electron chi connectivity index (χ1n) is 6.91. The van der Waals surface area contributed by atoms with E-state index in [1.54, 1.807) is 0 Å². The zero-order chi connectivity index (χ0) is 13.9. The number of para-hydroxylation sites is 1. The smallest absolute Gasteiger partial charge is 0.0750 e. The maximum Gasteiger partial charge on any atom is 0.0750 e. The SMILES string of the molecule is CCOC(C)(C)CNCc1cn(C)c2ccccc12. The lowest BCUT2D eigenvalue weighted by molar-refractivity contribution is -0.00896. The summed E-state index contributed by atoms with van der Waals surface area (Å²) in [5.41, 5.74) is 2.51. The van der Waals surface area contributed by atoms with Crippen molar-refractivity contribution >= 4 is 10.9 Å². The molecule has 2 rings (SSSR count). The topological polar surface area (TPSA) is 26.2 Å². The minimum absolute atomic E-state index is 0.112. The van der Waals surface area contributed by atoms with Crippen LogP contribution in [0.2, 0.25) is 0 Å². The second-order valence-corrected chi connectivity index (χ2v) is 5.58. The molecule has 0 saturated carbocycles. The molecule has 0 atom stereocenters. The van der Waals surface area contributed by atoms with Gasteiger partial charge in [-0.25, -0.2) is 0 Å². The summed E-state index contributed by atoms with van der Waals surface area (Å²) >= 11 is 0. The number of fused-ring (bicyclic) bond motifs is 1. The highest BCUT2D eigenvalue weighted by Gasteiger charge is 2.17. The van der Waals surface area contributed by atoms with E-state index in [1.807, 2.05) is 6.92 Å². The van der Waals surface area contributed by atoms with Crippen molar-refractivity contribution in [1.82, 2.24) is 9.88 Å². The van der Waals surface area contributed by atoms with Crippen LogP contribution in [0.3, 0.4) is 0 Å². The van der Waals surface area contributed by atoms with Gasteiger partial charge in [-0.15, -0.1) is 0 Å². The van der Waals surface area contributed by atoms with Crippen LogP contribution in [0.5, 0.6) is 0 Å². The lowest BCUT2D eigenvalue weighted by Gasteiger charge is -2.24. The molecule has 0 amide bonds. The van der Waals surface area contributed by atoms with Crippen LogP contribution < -0.4 is 5.32 Å². The Hall–Kier alpha value is -1.32. The highest BCUT2D eigenvalue weighted by molar-refractivity contribution is 5.83. The number of benzene rings is 1. The number of aryl methyl sites for hydroxylation is 1.